The highest BCUT2D eigenvalue weighted by molar-refractivity contribution is 6.06. The molecule has 3 aromatic rings. The molecule has 0 spiro atoms. The van der Waals surface area contributed by atoms with E-state index in [4.69, 9.17) is 5.73 Å². The van der Waals surface area contributed by atoms with Crippen molar-refractivity contribution in [2.45, 2.75) is 32.2 Å². The smallest absolute Gasteiger partial charge is 0.255 e. The number of hydrogen-bond donors (Lipinski definition) is 2. The van der Waals surface area contributed by atoms with Gasteiger partial charge in [-0.3, -0.25) is 14.5 Å². The second-order valence-corrected chi connectivity index (χ2v) is 8.79. The number of piperidine rings is 1. The van der Waals surface area contributed by atoms with Crippen LogP contribution in [0.5, 0.6) is 0 Å². The van der Waals surface area contributed by atoms with E-state index in [0.717, 1.165) is 38.9 Å². The average molecular weight is 442 g/mol. The first-order valence-electron chi connectivity index (χ1n) is 11.6. The number of nitrogen functional groups attached to an aromatic ring is 1. The topological polar surface area (TPSA) is 75.4 Å². The third-order valence-corrected chi connectivity index (χ3v) is 6.39. The molecule has 170 valence electrons. The fraction of sp³-hybridized carbons (Fsp3) is 0.286. The highest BCUT2D eigenvalue weighted by atomic mass is 16.1. The summed E-state index contributed by atoms with van der Waals surface area (Å²) in [6.07, 6.45) is 3.70. The lowest BCUT2D eigenvalue weighted by atomic mass is 9.90. The Hall–Kier alpha value is -3.44. The van der Waals surface area contributed by atoms with Crippen LogP contribution in [0.1, 0.15) is 52.0 Å². The van der Waals surface area contributed by atoms with Crippen LogP contribution >= 0.6 is 0 Å². The number of Topliss-reactive ketones (excluding diaryl/α,β-unsaturated/α-hetero) is 1. The van der Waals surface area contributed by atoms with Crippen molar-refractivity contribution < 1.29 is 9.59 Å². The van der Waals surface area contributed by atoms with E-state index in [1.165, 1.54) is 5.56 Å². The summed E-state index contributed by atoms with van der Waals surface area (Å²) in [5.41, 5.74) is 9.57. The van der Waals surface area contributed by atoms with Crippen LogP contribution in [-0.2, 0) is 6.54 Å². The summed E-state index contributed by atoms with van der Waals surface area (Å²) in [7, 11) is 0. The summed E-state index contributed by atoms with van der Waals surface area (Å²) in [5, 5.41) is 2.82. The summed E-state index contributed by atoms with van der Waals surface area (Å²) >= 11 is 0. The maximum absolute atomic E-state index is 12.7. The van der Waals surface area contributed by atoms with Crippen molar-refractivity contribution in [3.05, 3.63) is 95.6 Å². The molecule has 5 heteroatoms. The zero-order chi connectivity index (χ0) is 23.0. The second-order valence-electron chi connectivity index (χ2n) is 8.79. The van der Waals surface area contributed by atoms with Crippen LogP contribution in [0.3, 0.4) is 0 Å². The maximum Gasteiger partial charge on any atom is 0.255 e. The average Bonchev–Trinajstić information content (AvgIpc) is 2.86. The van der Waals surface area contributed by atoms with Crippen molar-refractivity contribution in [3.63, 3.8) is 0 Å². The Balaban J connectivity index is 1.24. The van der Waals surface area contributed by atoms with Crippen LogP contribution in [0, 0.1) is 5.92 Å². The number of rotatable bonds is 8. The number of carbonyl (C=O) groups is 2. The number of benzene rings is 3. The van der Waals surface area contributed by atoms with Gasteiger partial charge in [-0.25, -0.2) is 0 Å². The van der Waals surface area contributed by atoms with E-state index < -0.39 is 0 Å². The Morgan fingerprint density at radius 2 is 1.55 bits per heavy atom. The molecule has 0 bridgehead atoms. The van der Waals surface area contributed by atoms with Gasteiger partial charge in [-0.15, -0.1) is 0 Å². The maximum atomic E-state index is 12.7. The van der Waals surface area contributed by atoms with Gasteiger partial charge in [0.25, 0.3) is 5.91 Å². The molecular weight excluding hydrogens is 410 g/mol. The Bertz CT molecular complexity index is 1070. The Morgan fingerprint density at radius 1 is 0.879 bits per heavy atom. The molecule has 0 radical (unpaired) electrons. The zero-order valence-corrected chi connectivity index (χ0v) is 18.9. The van der Waals surface area contributed by atoms with E-state index in [0.29, 0.717) is 34.8 Å². The van der Waals surface area contributed by atoms with Crippen LogP contribution in [-0.4, -0.2) is 29.7 Å². The molecule has 1 aliphatic heterocycles. The van der Waals surface area contributed by atoms with Gasteiger partial charge in [-0.2, -0.15) is 0 Å². The van der Waals surface area contributed by atoms with Gasteiger partial charge in [-0.1, -0.05) is 48.5 Å². The van der Waals surface area contributed by atoms with E-state index in [1.54, 1.807) is 30.3 Å². The molecule has 5 nitrogen and oxygen atoms in total. The van der Waals surface area contributed by atoms with Crippen molar-refractivity contribution in [1.82, 2.24) is 4.90 Å². The van der Waals surface area contributed by atoms with Crippen molar-refractivity contribution in [3.8, 4) is 0 Å². The molecule has 33 heavy (non-hydrogen) atoms. The number of nitrogens with one attached hydrogen (secondary N) is 1. The molecule has 3 N–H and O–H groups in total. The molecule has 0 aliphatic carbocycles. The molecule has 3 aromatic carbocycles. The number of nitrogens with two attached hydrogens (primary N) is 1. The van der Waals surface area contributed by atoms with Crippen molar-refractivity contribution in [2.75, 3.05) is 24.1 Å². The minimum absolute atomic E-state index is 0.106. The number of amides is 1. The van der Waals surface area contributed by atoms with Gasteiger partial charge in [0.05, 0.1) is 11.4 Å². The number of anilines is 2. The first kappa shape index (κ1) is 22.7. The first-order valence-corrected chi connectivity index (χ1v) is 11.6. The number of ketones is 1. The number of nitrogens with zero attached hydrogens (tertiary/aromatic N) is 1. The van der Waals surface area contributed by atoms with Gasteiger partial charge in [0.1, 0.15) is 0 Å². The molecule has 0 unspecified atom stereocenters. The fourth-order valence-electron chi connectivity index (χ4n) is 4.39. The lowest BCUT2D eigenvalue weighted by Gasteiger charge is -2.32. The van der Waals surface area contributed by atoms with Gasteiger partial charge in [0.15, 0.2) is 5.78 Å². The quantitative estimate of drug-likeness (QED) is 0.363. The summed E-state index contributed by atoms with van der Waals surface area (Å²) in [6.45, 7) is 3.16. The van der Waals surface area contributed by atoms with Crippen LogP contribution in [0.2, 0.25) is 0 Å². The van der Waals surface area contributed by atoms with E-state index in [2.05, 4.69) is 40.5 Å². The predicted octanol–water partition coefficient (Wildman–Crippen LogP) is 5.40. The van der Waals surface area contributed by atoms with Gasteiger partial charge in [0, 0.05) is 24.1 Å². The van der Waals surface area contributed by atoms with Crippen molar-refractivity contribution >= 4 is 23.1 Å². The largest absolute Gasteiger partial charge is 0.397 e. The molecule has 0 aromatic heterocycles. The second kappa shape index (κ2) is 10.9. The Morgan fingerprint density at radius 3 is 2.21 bits per heavy atom. The molecule has 0 saturated carbocycles. The van der Waals surface area contributed by atoms with Crippen LogP contribution in [0.15, 0.2) is 78.9 Å². The molecule has 1 saturated heterocycles. The minimum Gasteiger partial charge on any atom is -0.397 e. The number of likely N-dealkylation sites (tertiary alicyclic amines) is 1. The van der Waals surface area contributed by atoms with Crippen molar-refractivity contribution in [2.24, 2.45) is 5.92 Å². The van der Waals surface area contributed by atoms with E-state index >= 15 is 0 Å². The van der Waals surface area contributed by atoms with Gasteiger partial charge in [0.2, 0.25) is 0 Å². The Kier molecular flexibility index (Phi) is 7.53. The number of carbonyl (C=O) groups excluding carboxylic acids is 2. The molecule has 1 fully saturated rings. The van der Waals surface area contributed by atoms with E-state index in [-0.39, 0.29) is 11.7 Å². The standard InChI is InChI=1S/C28H31N3O2/c29-25-19-24(12-13-26(25)30-28(33)23-9-5-2-6-10-23)27(32)14-11-21-15-17-31(18-16-21)20-22-7-3-1-4-8-22/h1-10,12-13,19,21H,11,14-18,20,29H2,(H,30,33). The predicted molar refractivity (Wildman–Crippen MR) is 133 cm³/mol. The molecule has 0 atom stereocenters. The summed E-state index contributed by atoms with van der Waals surface area (Å²) in [6, 6.07) is 24.7. The lowest BCUT2D eigenvalue weighted by molar-refractivity contribution is 0.0960. The van der Waals surface area contributed by atoms with Crippen LogP contribution < -0.4 is 11.1 Å². The molecule has 1 heterocycles. The first-order chi connectivity index (χ1) is 16.1. The van der Waals surface area contributed by atoms with Crippen molar-refractivity contribution in [1.29, 1.82) is 0 Å². The van der Waals surface area contributed by atoms with Crippen LogP contribution in [0.4, 0.5) is 11.4 Å². The molecule has 1 aliphatic rings. The van der Waals surface area contributed by atoms with Gasteiger partial charge < -0.3 is 11.1 Å². The summed E-state index contributed by atoms with van der Waals surface area (Å²) < 4.78 is 0. The van der Waals surface area contributed by atoms with E-state index in [9.17, 15) is 9.59 Å². The van der Waals surface area contributed by atoms with Gasteiger partial charge in [-0.05, 0) is 74.2 Å². The van der Waals surface area contributed by atoms with E-state index in [1.807, 2.05) is 18.2 Å². The monoisotopic (exact) mass is 441 g/mol. The zero-order valence-electron chi connectivity index (χ0n) is 18.9. The number of hydrogen-bond acceptors (Lipinski definition) is 4. The van der Waals surface area contributed by atoms with Crippen LogP contribution in [0.25, 0.3) is 0 Å². The highest BCUT2D eigenvalue weighted by Crippen LogP contribution is 2.26. The summed E-state index contributed by atoms with van der Waals surface area (Å²) in [4.78, 5) is 27.6. The lowest BCUT2D eigenvalue weighted by Crippen LogP contribution is -2.33. The third kappa shape index (κ3) is 6.30. The Labute approximate surface area is 195 Å². The molecule has 1 amide bonds. The fourth-order valence-corrected chi connectivity index (χ4v) is 4.39. The normalized spacial score (nSPS) is 14.7. The third-order valence-electron chi connectivity index (χ3n) is 6.39. The molecular formula is C28H31N3O2. The molecule has 4 rings (SSSR count). The van der Waals surface area contributed by atoms with Gasteiger partial charge >= 0.3 is 0 Å². The SMILES string of the molecule is Nc1cc(C(=O)CCC2CCN(Cc3ccccc3)CC2)ccc1NC(=O)c1ccccc1. The summed E-state index contributed by atoms with van der Waals surface area (Å²) in [5.74, 6) is 0.470. The highest BCUT2D eigenvalue weighted by Gasteiger charge is 2.20. The minimum atomic E-state index is -0.222.